The number of rotatable bonds is 4. The van der Waals surface area contributed by atoms with E-state index in [4.69, 9.17) is 0 Å². The Hall–Kier alpha value is -1.72. The van der Waals surface area contributed by atoms with Gasteiger partial charge in [-0.15, -0.1) is 0 Å². The second kappa shape index (κ2) is 9.87. The average Bonchev–Trinajstić information content (AvgIpc) is 3.21. The maximum atomic E-state index is 3.60. The Bertz CT molecular complexity index is 1350. The lowest BCUT2D eigenvalue weighted by atomic mass is 9.85. The standard InChI is InChI=1S/C29H18Br4/c30-22-9-1-18(2-10-22)26-17-27(19-3-11-23(31)12-4-19)29(21-7-15-25(33)16-8-21)28(26)20-5-13-24(32)14-6-20/h1-17,26H. The molecule has 4 aromatic carbocycles. The maximum Gasteiger partial charge on any atom is 0.0291 e. The summed E-state index contributed by atoms with van der Waals surface area (Å²) in [6.07, 6.45) is 2.42. The molecule has 1 aliphatic rings. The first kappa shape index (κ1) is 23.0. The molecule has 0 N–H and O–H groups in total. The third kappa shape index (κ3) is 4.90. The first-order chi connectivity index (χ1) is 16.0. The summed E-state index contributed by atoms with van der Waals surface area (Å²) in [5.74, 6) is 0.150. The first-order valence-electron chi connectivity index (χ1n) is 10.5. The molecule has 0 nitrogen and oxygen atoms in total. The van der Waals surface area contributed by atoms with Crippen molar-refractivity contribution in [2.75, 3.05) is 0 Å². The van der Waals surface area contributed by atoms with Crippen LogP contribution in [0.4, 0.5) is 0 Å². The van der Waals surface area contributed by atoms with Crippen LogP contribution in [0.5, 0.6) is 0 Å². The van der Waals surface area contributed by atoms with E-state index in [0.717, 1.165) is 17.9 Å². The zero-order valence-electron chi connectivity index (χ0n) is 17.4. The molecule has 0 aliphatic heterocycles. The fourth-order valence-electron chi connectivity index (χ4n) is 4.32. The third-order valence-corrected chi connectivity index (χ3v) is 7.97. The van der Waals surface area contributed by atoms with E-state index in [2.05, 4.69) is 167 Å². The summed E-state index contributed by atoms with van der Waals surface area (Å²) in [6, 6.07) is 34.6. The quantitative estimate of drug-likeness (QED) is 0.201. The first-order valence-corrected chi connectivity index (χ1v) is 13.7. The summed E-state index contributed by atoms with van der Waals surface area (Å²) >= 11 is 14.4. The lowest BCUT2D eigenvalue weighted by Crippen LogP contribution is -1.98. The van der Waals surface area contributed by atoms with Crippen molar-refractivity contribution in [2.45, 2.75) is 5.92 Å². The molecule has 0 amide bonds. The Morgan fingerprint density at radius 3 is 1.30 bits per heavy atom. The van der Waals surface area contributed by atoms with Crippen LogP contribution in [0.25, 0.3) is 16.7 Å². The van der Waals surface area contributed by atoms with Gasteiger partial charge in [0.15, 0.2) is 0 Å². The molecule has 4 heteroatoms. The number of hydrogen-bond acceptors (Lipinski definition) is 0. The lowest BCUT2D eigenvalue weighted by molar-refractivity contribution is 1.12. The molecular formula is C29H18Br4. The van der Waals surface area contributed by atoms with E-state index in [1.165, 1.54) is 39.0 Å². The maximum absolute atomic E-state index is 3.60. The van der Waals surface area contributed by atoms with Gasteiger partial charge in [-0.05, 0) is 87.5 Å². The van der Waals surface area contributed by atoms with E-state index in [1.807, 2.05) is 0 Å². The molecule has 1 unspecified atom stereocenters. The van der Waals surface area contributed by atoms with Gasteiger partial charge in [-0.3, -0.25) is 0 Å². The lowest BCUT2D eigenvalue weighted by Gasteiger charge is -2.18. The van der Waals surface area contributed by atoms with Gasteiger partial charge in [-0.1, -0.05) is 118 Å². The van der Waals surface area contributed by atoms with Crippen LogP contribution in [0.3, 0.4) is 0 Å². The molecule has 1 atom stereocenters. The SMILES string of the molecule is Brc1ccc(C2=CC(c3ccc(Br)cc3)C(c3ccc(Br)cc3)=C2c2ccc(Br)cc2)cc1. The van der Waals surface area contributed by atoms with Crippen molar-refractivity contribution >= 4 is 80.4 Å². The highest BCUT2D eigenvalue weighted by atomic mass is 79.9. The summed E-state index contributed by atoms with van der Waals surface area (Å²) in [6.45, 7) is 0. The Balaban J connectivity index is 1.80. The summed E-state index contributed by atoms with van der Waals surface area (Å²) < 4.78 is 4.32. The zero-order valence-corrected chi connectivity index (χ0v) is 23.7. The largest absolute Gasteiger partial charge is 0.0641 e. The molecule has 4 aromatic rings. The predicted octanol–water partition coefficient (Wildman–Crippen LogP) is 10.5. The van der Waals surface area contributed by atoms with E-state index in [0.29, 0.717) is 0 Å². The van der Waals surface area contributed by atoms with Crippen LogP contribution in [0, 0.1) is 0 Å². The Morgan fingerprint density at radius 1 is 0.424 bits per heavy atom. The van der Waals surface area contributed by atoms with Crippen molar-refractivity contribution in [1.82, 2.24) is 0 Å². The second-order valence-electron chi connectivity index (χ2n) is 7.92. The number of benzene rings is 4. The minimum absolute atomic E-state index is 0.150. The van der Waals surface area contributed by atoms with Crippen molar-refractivity contribution in [1.29, 1.82) is 0 Å². The third-order valence-electron chi connectivity index (χ3n) is 5.86. The molecule has 0 spiro atoms. The summed E-state index contributed by atoms with van der Waals surface area (Å²) in [4.78, 5) is 0. The normalized spacial score (nSPS) is 15.6. The van der Waals surface area contributed by atoms with Gasteiger partial charge in [-0.25, -0.2) is 0 Å². The molecule has 0 saturated heterocycles. The van der Waals surface area contributed by atoms with E-state index in [-0.39, 0.29) is 5.92 Å². The fraction of sp³-hybridized carbons (Fsp3) is 0.0345. The van der Waals surface area contributed by atoms with E-state index in [9.17, 15) is 0 Å². The van der Waals surface area contributed by atoms with Gasteiger partial charge >= 0.3 is 0 Å². The van der Waals surface area contributed by atoms with Crippen molar-refractivity contribution in [3.05, 3.63) is 143 Å². The Kier molecular flexibility index (Phi) is 6.89. The van der Waals surface area contributed by atoms with E-state index < -0.39 is 0 Å². The van der Waals surface area contributed by atoms with E-state index >= 15 is 0 Å². The molecule has 0 saturated carbocycles. The van der Waals surface area contributed by atoms with Gasteiger partial charge in [0.05, 0.1) is 0 Å². The molecule has 0 heterocycles. The van der Waals surface area contributed by atoms with Crippen LogP contribution in [-0.2, 0) is 0 Å². The molecular weight excluding hydrogens is 668 g/mol. The minimum Gasteiger partial charge on any atom is -0.0641 e. The molecule has 1 aliphatic carbocycles. The van der Waals surface area contributed by atoms with Crippen molar-refractivity contribution < 1.29 is 0 Å². The van der Waals surface area contributed by atoms with Gasteiger partial charge in [0.25, 0.3) is 0 Å². The predicted molar refractivity (Wildman–Crippen MR) is 154 cm³/mol. The highest BCUT2D eigenvalue weighted by Gasteiger charge is 2.30. The Morgan fingerprint density at radius 2 is 0.818 bits per heavy atom. The summed E-state index contributed by atoms with van der Waals surface area (Å²) in [7, 11) is 0. The molecule has 162 valence electrons. The second-order valence-corrected chi connectivity index (χ2v) is 11.6. The van der Waals surface area contributed by atoms with Gasteiger partial charge in [0.2, 0.25) is 0 Å². The van der Waals surface area contributed by atoms with Gasteiger partial charge in [0.1, 0.15) is 0 Å². The minimum atomic E-state index is 0.150. The van der Waals surface area contributed by atoms with Crippen LogP contribution in [0.15, 0.2) is 121 Å². The van der Waals surface area contributed by atoms with Crippen LogP contribution < -0.4 is 0 Å². The molecule has 0 bridgehead atoms. The fourth-order valence-corrected chi connectivity index (χ4v) is 5.38. The van der Waals surface area contributed by atoms with Gasteiger partial charge in [-0.2, -0.15) is 0 Å². The van der Waals surface area contributed by atoms with Crippen LogP contribution >= 0.6 is 63.7 Å². The van der Waals surface area contributed by atoms with Crippen LogP contribution in [0.1, 0.15) is 28.2 Å². The van der Waals surface area contributed by atoms with Crippen LogP contribution in [0.2, 0.25) is 0 Å². The topological polar surface area (TPSA) is 0 Å². The Labute approximate surface area is 228 Å². The molecule has 0 radical (unpaired) electrons. The number of allylic oxidation sites excluding steroid dienone is 4. The van der Waals surface area contributed by atoms with Crippen LogP contribution in [-0.4, -0.2) is 0 Å². The zero-order chi connectivity index (χ0) is 22.9. The summed E-state index contributed by atoms with van der Waals surface area (Å²) in [5, 5.41) is 0. The number of hydrogen-bond donors (Lipinski definition) is 0. The average molecular weight is 686 g/mol. The number of halogens is 4. The van der Waals surface area contributed by atoms with E-state index in [1.54, 1.807) is 0 Å². The monoisotopic (exact) mass is 682 g/mol. The van der Waals surface area contributed by atoms with Gasteiger partial charge in [0, 0.05) is 23.8 Å². The van der Waals surface area contributed by atoms with Crippen molar-refractivity contribution in [3.63, 3.8) is 0 Å². The molecule has 5 rings (SSSR count). The highest BCUT2D eigenvalue weighted by molar-refractivity contribution is 9.11. The smallest absolute Gasteiger partial charge is 0.0291 e. The van der Waals surface area contributed by atoms with Crippen molar-refractivity contribution in [2.24, 2.45) is 0 Å². The molecule has 0 fully saturated rings. The molecule has 33 heavy (non-hydrogen) atoms. The summed E-state index contributed by atoms with van der Waals surface area (Å²) in [5.41, 5.74) is 8.79. The highest BCUT2D eigenvalue weighted by Crippen LogP contribution is 2.51. The van der Waals surface area contributed by atoms with Gasteiger partial charge < -0.3 is 0 Å². The van der Waals surface area contributed by atoms with Crippen molar-refractivity contribution in [3.8, 4) is 0 Å². The molecule has 0 aromatic heterocycles.